The summed E-state index contributed by atoms with van der Waals surface area (Å²) in [5, 5.41) is 13.9. The van der Waals surface area contributed by atoms with Crippen LogP contribution >= 0.6 is 0 Å². The van der Waals surface area contributed by atoms with Crippen LogP contribution in [0.15, 0.2) is 0 Å². The van der Waals surface area contributed by atoms with Gasteiger partial charge in [0.05, 0.1) is 12.1 Å². The van der Waals surface area contributed by atoms with Crippen LogP contribution in [0, 0.1) is 5.92 Å². The highest BCUT2D eigenvalue weighted by atomic mass is 19.4. The van der Waals surface area contributed by atoms with Gasteiger partial charge in [0.1, 0.15) is 6.54 Å². The molecule has 0 aliphatic carbocycles. The van der Waals surface area contributed by atoms with Crippen LogP contribution < -0.4 is 10.6 Å². The number of nitrogens with one attached hydrogen (secondary N) is 2. The van der Waals surface area contributed by atoms with Crippen molar-refractivity contribution < 1.29 is 23.1 Å². The van der Waals surface area contributed by atoms with Crippen molar-refractivity contribution in [2.45, 2.75) is 39.1 Å². The Kier molecular flexibility index (Phi) is 6.48. The van der Waals surface area contributed by atoms with Crippen LogP contribution in [-0.4, -0.2) is 42.4 Å². The predicted molar refractivity (Wildman–Crippen MR) is 57.4 cm³/mol. The zero-order valence-electron chi connectivity index (χ0n) is 10.1. The fraction of sp³-hybridized carbons (Fsp3) is 0.900. The lowest BCUT2D eigenvalue weighted by Crippen LogP contribution is -2.47. The van der Waals surface area contributed by atoms with E-state index in [0.717, 1.165) is 0 Å². The van der Waals surface area contributed by atoms with Crippen LogP contribution in [0.1, 0.15) is 20.8 Å². The molecule has 0 saturated heterocycles. The summed E-state index contributed by atoms with van der Waals surface area (Å²) >= 11 is 0. The van der Waals surface area contributed by atoms with Gasteiger partial charge in [-0.1, -0.05) is 13.8 Å². The van der Waals surface area contributed by atoms with Gasteiger partial charge in [-0.2, -0.15) is 13.2 Å². The van der Waals surface area contributed by atoms with Gasteiger partial charge in [-0.05, 0) is 12.8 Å². The van der Waals surface area contributed by atoms with E-state index < -0.39 is 30.8 Å². The Balaban J connectivity index is 3.90. The first-order valence-corrected chi connectivity index (χ1v) is 5.39. The molecule has 17 heavy (non-hydrogen) atoms. The molecule has 3 N–H and O–H groups in total. The quantitative estimate of drug-likeness (QED) is 0.654. The van der Waals surface area contributed by atoms with Crippen molar-refractivity contribution in [2.75, 3.05) is 13.1 Å². The molecule has 0 aromatic heterocycles. The molecule has 0 aromatic rings. The minimum atomic E-state index is -4.41. The van der Waals surface area contributed by atoms with Crippen molar-refractivity contribution in [1.82, 2.24) is 10.6 Å². The molecule has 0 bridgehead atoms. The summed E-state index contributed by atoms with van der Waals surface area (Å²) in [4.78, 5) is 11.2. The summed E-state index contributed by atoms with van der Waals surface area (Å²) in [7, 11) is 0. The molecular formula is C10H19F3N2O2. The molecule has 0 fully saturated rings. The summed E-state index contributed by atoms with van der Waals surface area (Å²) in [6, 6.07) is -0.772. The molecule has 0 aliphatic heterocycles. The third-order valence-corrected chi connectivity index (χ3v) is 2.26. The second kappa shape index (κ2) is 6.80. The van der Waals surface area contributed by atoms with Gasteiger partial charge in [0.15, 0.2) is 0 Å². The van der Waals surface area contributed by atoms with Gasteiger partial charge in [0.25, 0.3) is 0 Å². The highest BCUT2D eigenvalue weighted by Crippen LogP contribution is 2.12. The van der Waals surface area contributed by atoms with Crippen molar-refractivity contribution in [2.24, 2.45) is 5.92 Å². The lowest BCUT2D eigenvalue weighted by molar-refractivity contribution is -0.139. The number of carbonyl (C=O) groups is 1. The Morgan fingerprint density at radius 2 is 1.82 bits per heavy atom. The minimum Gasteiger partial charge on any atom is -0.392 e. The molecule has 0 heterocycles. The van der Waals surface area contributed by atoms with Crippen molar-refractivity contribution in [3.63, 3.8) is 0 Å². The van der Waals surface area contributed by atoms with Crippen LogP contribution in [0.2, 0.25) is 0 Å². The first kappa shape index (κ1) is 16.2. The number of carbonyl (C=O) groups excluding carboxylic acids is 1. The van der Waals surface area contributed by atoms with Crippen LogP contribution in [0.5, 0.6) is 0 Å². The molecule has 1 amide bonds. The second-order valence-corrected chi connectivity index (χ2v) is 4.27. The number of amides is 1. The molecule has 0 rings (SSSR count). The summed E-state index contributed by atoms with van der Waals surface area (Å²) in [6.45, 7) is 3.88. The molecule has 2 unspecified atom stereocenters. The highest BCUT2D eigenvalue weighted by Gasteiger charge is 2.28. The number of hydrogen-bond acceptors (Lipinski definition) is 3. The highest BCUT2D eigenvalue weighted by molar-refractivity contribution is 5.81. The normalized spacial score (nSPS) is 15.8. The van der Waals surface area contributed by atoms with Gasteiger partial charge in [0, 0.05) is 6.54 Å². The van der Waals surface area contributed by atoms with Gasteiger partial charge in [-0.3, -0.25) is 4.79 Å². The van der Waals surface area contributed by atoms with E-state index in [9.17, 15) is 23.1 Å². The Labute approximate surface area is 98.6 Å². The maximum atomic E-state index is 11.8. The third-order valence-electron chi connectivity index (χ3n) is 2.26. The van der Waals surface area contributed by atoms with E-state index in [1.165, 1.54) is 6.92 Å². The third kappa shape index (κ3) is 7.98. The van der Waals surface area contributed by atoms with Crippen molar-refractivity contribution in [3.8, 4) is 0 Å². The minimum absolute atomic E-state index is 0.0212. The predicted octanol–water partition coefficient (Wildman–Crippen LogP) is 0.660. The molecule has 0 spiro atoms. The van der Waals surface area contributed by atoms with Crippen molar-refractivity contribution in [1.29, 1.82) is 0 Å². The second-order valence-electron chi connectivity index (χ2n) is 4.27. The first-order valence-electron chi connectivity index (χ1n) is 5.39. The van der Waals surface area contributed by atoms with Gasteiger partial charge in [0.2, 0.25) is 5.91 Å². The van der Waals surface area contributed by atoms with E-state index in [1.807, 2.05) is 0 Å². The summed E-state index contributed by atoms with van der Waals surface area (Å²) in [5.41, 5.74) is 0. The summed E-state index contributed by atoms with van der Waals surface area (Å²) in [5.74, 6) is -0.716. The molecule has 0 aliphatic rings. The SMILES string of the molecule is CC(NCC(O)C(C)C)C(=O)NCC(F)(F)F. The molecule has 7 heteroatoms. The molecule has 0 radical (unpaired) electrons. The number of halogens is 3. The average molecular weight is 256 g/mol. The first-order chi connectivity index (χ1) is 7.63. The van der Waals surface area contributed by atoms with E-state index in [4.69, 9.17) is 0 Å². The fourth-order valence-corrected chi connectivity index (χ4v) is 0.966. The summed E-state index contributed by atoms with van der Waals surface area (Å²) in [6.07, 6.45) is -5.04. The van der Waals surface area contributed by atoms with Crippen LogP contribution in [0.4, 0.5) is 13.2 Å². The van der Waals surface area contributed by atoms with E-state index in [0.29, 0.717) is 0 Å². The van der Waals surface area contributed by atoms with Gasteiger partial charge >= 0.3 is 6.18 Å². The van der Waals surface area contributed by atoms with E-state index in [-0.39, 0.29) is 12.5 Å². The maximum absolute atomic E-state index is 11.8. The lowest BCUT2D eigenvalue weighted by Gasteiger charge is -2.19. The van der Waals surface area contributed by atoms with Crippen LogP contribution in [0.3, 0.4) is 0 Å². The zero-order valence-corrected chi connectivity index (χ0v) is 10.1. The number of hydrogen-bond donors (Lipinski definition) is 3. The Morgan fingerprint density at radius 3 is 2.24 bits per heavy atom. The van der Waals surface area contributed by atoms with E-state index in [2.05, 4.69) is 5.32 Å². The molecule has 2 atom stereocenters. The largest absolute Gasteiger partial charge is 0.405 e. The molecule has 102 valence electrons. The summed E-state index contributed by atoms with van der Waals surface area (Å²) < 4.78 is 35.5. The number of alkyl halides is 3. The number of rotatable bonds is 6. The van der Waals surface area contributed by atoms with E-state index in [1.54, 1.807) is 19.2 Å². The average Bonchev–Trinajstić information content (AvgIpc) is 2.20. The molecule has 4 nitrogen and oxygen atoms in total. The van der Waals surface area contributed by atoms with Gasteiger partial charge in [-0.15, -0.1) is 0 Å². The maximum Gasteiger partial charge on any atom is 0.405 e. The fourth-order valence-electron chi connectivity index (χ4n) is 0.966. The lowest BCUT2D eigenvalue weighted by atomic mass is 10.1. The Hall–Kier alpha value is -0.820. The topological polar surface area (TPSA) is 61.4 Å². The Morgan fingerprint density at radius 1 is 1.29 bits per heavy atom. The van der Waals surface area contributed by atoms with E-state index >= 15 is 0 Å². The van der Waals surface area contributed by atoms with Gasteiger partial charge in [-0.25, -0.2) is 0 Å². The van der Waals surface area contributed by atoms with Gasteiger partial charge < -0.3 is 15.7 Å². The molecule has 0 saturated carbocycles. The monoisotopic (exact) mass is 256 g/mol. The van der Waals surface area contributed by atoms with Crippen molar-refractivity contribution >= 4 is 5.91 Å². The van der Waals surface area contributed by atoms with Crippen LogP contribution in [0.25, 0.3) is 0 Å². The Bertz CT molecular complexity index is 244. The number of aliphatic hydroxyl groups is 1. The van der Waals surface area contributed by atoms with Crippen LogP contribution in [-0.2, 0) is 4.79 Å². The standard InChI is InChI=1S/C10H19F3N2O2/c1-6(2)8(16)4-14-7(3)9(17)15-5-10(11,12)13/h6-8,14,16H,4-5H2,1-3H3,(H,15,17). The number of aliphatic hydroxyl groups excluding tert-OH is 1. The molecular weight excluding hydrogens is 237 g/mol. The smallest absolute Gasteiger partial charge is 0.392 e. The van der Waals surface area contributed by atoms with Crippen molar-refractivity contribution in [3.05, 3.63) is 0 Å². The molecule has 0 aromatic carbocycles. The zero-order chi connectivity index (χ0) is 13.6.